The summed E-state index contributed by atoms with van der Waals surface area (Å²) < 4.78 is 39.4. The molecule has 4 nitrogen and oxygen atoms in total. The van der Waals surface area contributed by atoms with E-state index in [1.807, 2.05) is 25.2 Å². The molecule has 0 radical (unpaired) electrons. The molecule has 0 aliphatic heterocycles. The summed E-state index contributed by atoms with van der Waals surface area (Å²) in [6.45, 7) is 3.70. The van der Waals surface area contributed by atoms with E-state index in [0.29, 0.717) is 11.8 Å². The van der Waals surface area contributed by atoms with E-state index < -0.39 is 41.4 Å². The SMILES string of the molecule is Cc1cccc(NC(=O)CC(=O)Nc2ccc(F)c(F)c2F)c1C. The first kappa shape index (κ1) is 17.5. The van der Waals surface area contributed by atoms with Crippen LogP contribution in [0.4, 0.5) is 24.5 Å². The standard InChI is InChI=1S/C17H15F3N2O2/c1-9-4-3-5-12(10(9)2)21-14(23)8-15(24)22-13-7-6-11(18)16(19)17(13)20/h3-7H,8H2,1-2H3,(H,21,23)(H,22,24). The predicted molar refractivity (Wildman–Crippen MR) is 84.1 cm³/mol. The topological polar surface area (TPSA) is 58.2 Å². The van der Waals surface area contributed by atoms with Gasteiger partial charge in [-0.3, -0.25) is 9.59 Å². The molecule has 0 saturated carbocycles. The fourth-order valence-corrected chi connectivity index (χ4v) is 2.04. The van der Waals surface area contributed by atoms with Gasteiger partial charge in [-0.05, 0) is 43.2 Å². The van der Waals surface area contributed by atoms with E-state index in [4.69, 9.17) is 0 Å². The van der Waals surface area contributed by atoms with Crippen molar-refractivity contribution < 1.29 is 22.8 Å². The summed E-state index contributed by atoms with van der Waals surface area (Å²) in [5, 5.41) is 4.61. The second kappa shape index (κ2) is 7.16. The molecule has 0 fully saturated rings. The van der Waals surface area contributed by atoms with Gasteiger partial charge in [0.1, 0.15) is 6.42 Å². The molecular formula is C17H15F3N2O2. The van der Waals surface area contributed by atoms with Crippen LogP contribution in [0, 0.1) is 31.3 Å². The fourth-order valence-electron chi connectivity index (χ4n) is 2.04. The zero-order valence-electron chi connectivity index (χ0n) is 13.0. The summed E-state index contributed by atoms with van der Waals surface area (Å²) >= 11 is 0. The van der Waals surface area contributed by atoms with Gasteiger partial charge in [0.15, 0.2) is 17.5 Å². The molecule has 2 rings (SSSR count). The lowest BCUT2D eigenvalue weighted by Gasteiger charge is -2.11. The maximum atomic E-state index is 13.5. The molecule has 2 amide bonds. The number of nitrogens with one attached hydrogen (secondary N) is 2. The van der Waals surface area contributed by atoms with E-state index >= 15 is 0 Å². The highest BCUT2D eigenvalue weighted by molar-refractivity contribution is 6.08. The third kappa shape index (κ3) is 3.92. The highest BCUT2D eigenvalue weighted by Gasteiger charge is 2.17. The zero-order valence-corrected chi connectivity index (χ0v) is 13.0. The van der Waals surface area contributed by atoms with Crippen LogP contribution in [0.25, 0.3) is 0 Å². The Balaban J connectivity index is 2.01. The molecule has 0 saturated heterocycles. The first-order valence-electron chi connectivity index (χ1n) is 7.09. The highest BCUT2D eigenvalue weighted by atomic mass is 19.2. The van der Waals surface area contributed by atoms with Crippen LogP contribution in [0.3, 0.4) is 0 Å². The highest BCUT2D eigenvalue weighted by Crippen LogP contribution is 2.20. The number of amides is 2. The van der Waals surface area contributed by atoms with Crippen LogP contribution < -0.4 is 10.6 Å². The van der Waals surface area contributed by atoms with Crippen LogP contribution in [0.5, 0.6) is 0 Å². The van der Waals surface area contributed by atoms with E-state index in [-0.39, 0.29) is 0 Å². The molecular weight excluding hydrogens is 321 g/mol. The first-order chi connectivity index (χ1) is 11.3. The van der Waals surface area contributed by atoms with Gasteiger partial charge in [0.25, 0.3) is 0 Å². The monoisotopic (exact) mass is 336 g/mol. The van der Waals surface area contributed by atoms with E-state index in [2.05, 4.69) is 5.32 Å². The molecule has 0 aromatic heterocycles. The van der Waals surface area contributed by atoms with Crippen molar-refractivity contribution in [2.75, 3.05) is 10.6 Å². The zero-order chi connectivity index (χ0) is 17.9. The summed E-state index contributed by atoms with van der Waals surface area (Å²) in [7, 11) is 0. The lowest BCUT2D eigenvalue weighted by Crippen LogP contribution is -2.22. The molecule has 2 N–H and O–H groups in total. The smallest absolute Gasteiger partial charge is 0.233 e. The minimum Gasteiger partial charge on any atom is -0.325 e. The Morgan fingerprint density at radius 3 is 2.17 bits per heavy atom. The number of anilines is 2. The maximum absolute atomic E-state index is 13.5. The summed E-state index contributed by atoms with van der Waals surface area (Å²) in [5.41, 5.74) is 1.87. The first-order valence-corrected chi connectivity index (χ1v) is 7.09. The van der Waals surface area contributed by atoms with E-state index in [0.717, 1.165) is 17.2 Å². The Hall–Kier alpha value is -2.83. The van der Waals surface area contributed by atoms with E-state index in [1.54, 1.807) is 12.1 Å². The molecule has 0 unspecified atom stereocenters. The van der Waals surface area contributed by atoms with Crippen LogP contribution in [-0.4, -0.2) is 11.8 Å². The summed E-state index contributed by atoms with van der Waals surface area (Å²) in [6.07, 6.45) is -0.591. The van der Waals surface area contributed by atoms with Crippen LogP contribution in [-0.2, 0) is 9.59 Å². The lowest BCUT2D eigenvalue weighted by atomic mass is 10.1. The predicted octanol–water partition coefficient (Wildman–Crippen LogP) is 3.69. The van der Waals surface area contributed by atoms with Crippen molar-refractivity contribution in [1.82, 2.24) is 0 Å². The Labute approximate surface area is 136 Å². The molecule has 7 heteroatoms. The minimum absolute atomic E-state index is 0.529. The molecule has 0 heterocycles. The molecule has 24 heavy (non-hydrogen) atoms. The average Bonchev–Trinajstić information content (AvgIpc) is 2.52. The quantitative estimate of drug-likeness (QED) is 0.661. The lowest BCUT2D eigenvalue weighted by molar-refractivity contribution is -0.123. The number of benzene rings is 2. The van der Waals surface area contributed by atoms with Gasteiger partial charge in [-0.1, -0.05) is 12.1 Å². The number of rotatable bonds is 4. The van der Waals surface area contributed by atoms with Crippen molar-refractivity contribution in [3.8, 4) is 0 Å². The number of aryl methyl sites for hydroxylation is 1. The van der Waals surface area contributed by atoms with Crippen LogP contribution >= 0.6 is 0 Å². The van der Waals surface area contributed by atoms with Crippen molar-refractivity contribution in [2.24, 2.45) is 0 Å². The number of halogens is 3. The van der Waals surface area contributed by atoms with Gasteiger partial charge in [-0.2, -0.15) is 0 Å². The van der Waals surface area contributed by atoms with Gasteiger partial charge in [-0.15, -0.1) is 0 Å². The summed E-state index contributed by atoms with van der Waals surface area (Å²) in [6, 6.07) is 6.89. The molecule has 0 bridgehead atoms. The molecule has 2 aromatic carbocycles. The third-order valence-corrected chi connectivity index (χ3v) is 3.51. The van der Waals surface area contributed by atoms with Crippen molar-refractivity contribution in [1.29, 1.82) is 0 Å². The van der Waals surface area contributed by atoms with Gasteiger partial charge in [-0.25, -0.2) is 13.2 Å². The number of carbonyl (C=O) groups excluding carboxylic acids is 2. The van der Waals surface area contributed by atoms with Crippen molar-refractivity contribution in [3.05, 3.63) is 58.9 Å². The number of carbonyl (C=O) groups is 2. The van der Waals surface area contributed by atoms with Crippen molar-refractivity contribution >= 4 is 23.2 Å². The van der Waals surface area contributed by atoms with Gasteiger partial charge < -0.3 is 10.6 Å². The van der Waals surface area contributed by atoms with Gasteiger partial charge in [0, 0.05) is 5.69 Å². The maximum Gasteiger partial charge on any atom is 0.233 e. The molecule has 0 aliphatic rings. The van der Waals surface area contributed by atoms with Gasteiger partial charge >= 0.3 is 0 Å². The van der Waals surface area contributed by atoms with Crippen molar-refractivity contribution in [3.63, 3.8) is 0 Å². The van der Waals surface area contributed by atoms with E-state index in [9.17, 15) is 22.8 Å². The average molecular weight is 336 g/mol. The number of hydrogen-bond donors (Lipinski definition) is 2. The van der Waals surface area contributed by atoms with Crippen LogP contribution in [0.15, 0.2) is 30.3 Å². The Kier molecular flexibility index (Phi) is 5.23. The van der Waals surface area contributed by atoms with Gasteiger partial charge in [0.05, 0.1) is 5.69 Å². The van der Waals surface area contributed by atoms with Gasteiger partial charge in [0.2, 0.25) is 11.8 Å². The minimum atomic E-state index is -1.69. The largest absolute Gasteiger partial charge is 0.325 e. The second-order valence-corrected chi connectivity index (χ2v) is 5.24. The Bertz CT molecular complexity index is 807. The van der Waals surface area contributed by atoms with Crippen molar-refractivity contribution in [2.45, 2.75) is 20.3 Å². The molecule has 2 aromatic rings. The van der Waals surface area contributed by atoms with E-state index in [1.165, 1.54) is 0 Å². The molecule has 126 valence electrons. The fraction of sp³-hybridized carbons (Fsp3) is 0.176. The Morgan fingerprint density at radius 1 is 0.875 bits per heavy atom. The molecule has 0 spiro atoms. The second-order valence-electron chi connectivity index (χ2n) is 5.24. The molecule has 0 aliphatic carbocycles. The van der Waals surface area contributed by atoms with Crippen LogP contribution in [0.2, 0.25) is 0 Å². The Morgan fingerprint density at radius 2 is 1.50 bits per heavy atom. The summed E-state index contributed by atoms with van der Waals surface area (Å²) in [4.78, 5) is 23.6. The molecule has 0 atom stereocenters. The normalized spacial score (nSPS) is 10.4. The van der Waals surface area contributed by atoms with Crippen LogP contribution in [0.1, 0.15) is 17.5 Å². The number of hydrogen-bond acceptors (Lipinski definition) is 2. The summed E-state index contributed by atoms with van der Waals surface area (Å²) in [5.74, 6) is -6.02. The third-order valence-electron chi connectivity index (χ3n) is 3.51.